The molecule has 0 bridgehead atoms. The molecule has 72 valence electrons. The topological polar surface area (TPSA) is 53.7 Å². The minimum Gasteiger partial charge on any atom is -0.350 e. The van der Waals surface area contributed by atoms with Crippen molar-refractivity contribution in [2.24, 2.45) is 5.90 Å². The molecule has 0 saturated carbocycles. The lowest BCUT2D eigenvalue weighted by Gasteiger charge is -2.35. The van der Waals surface area contributed by atoms with Gasteiger partial charge in [0.05, 0.1) is 19.3 Å². The molecule has 4 nitrogen and oxygen atoms in total. The molecular formula is C8H17NO3. The zero-order valence-electron chi connectivity index (χ0n) is 7.71. The van der Waals surface area contributed by atoms with Gasteiger partial charge in [-0.1, -0.05) is 0 Å². The molecule has 1 aliphatic heterocycles. The van der Waals surface area contributed by atoms with Crippen LogP contribution < -0.4 is 5.90 Å². The van der Waals surface area contributed by atoms with E-state index in [1.165, 1.54) is 0 Å². The lowest BCUT2D eigenvalue weighted by atomic mass is 10.1. The molecule has 12 heavy (non-hydrogen) atoms. The Bertz CT molecular complexity index is 138. The van der Waals surface area contributed by atoms with Crippen molar-refractivity contribution in [2.75, 3.05) is 13.2 Å². The zero-order valence-corrected chi connectivity index (χ0v) is 7.71. The van der Waals surface area contributed by atoms with Crippen LogP contribution in [-0.4, -0.2) is 25.1 Å². The number of hydrogen-bond donors (Lipinski definition) is 1. The Morgan fingerprint density at radius 1 is 1.58 bits per heavy atom. The van der Waals surface area contributed by atoms with Crippen molar-refractivity contribution >= 4 is 0 Å². The van der Waals surface area contributed by atoms with Gasteiger partial charge >= 0.3 is 0 Å². The molecule has 1 fully saturated rings. The zero-order chi connectivity index (χ0) is 9.03. The average molecular weight is 175 g/mol. The first-order valence-corrected chi connectivity index (χ1v) is 4.27. The van der Waals surface area contributed by atoms with Crippen LogP contribution in [0.2, 0.25) is 0 Å². The number of ether oxygens (including phenoxy) is 2. The Hall–Kier alpha value is -0.160. The highest BCUT2D eigenvalue weighted by Gasteiger charge is 2.28. The molecule has 0 aromatic rings. The summed E-state index contributed by atoms with van der Waals surface area (Å²) >= 11 is 0. The number of nitrogens with two attached hydrogens (primary N) is 1. The van der Waals surface area contributed by atoms with Crippen LogP contribution in [0.5, 0.6) is 0 Å². The molecule has 0 amide bonds. The largest absolute Gasteiger partial charge is 0.350 e. The SMILES string of the molecule is CC1(C)OCC[C@@H](CCON)O1. The van der Waals surface area contributed by atoms with Crippen LogP contribution in [0.3, 0.4) is 0 Å². The van der Waals surface area contributed by atoms with Crippen LogP contribution in [-0.2, 0) is 14.3 Å². The van der Waals surface area contributed by atoms with Gasteiger partial charge in [-0.15, -0.1) is 0 Å². The summed E-state index contributed by atoms with van der Waals surface area (Å²) in [6.07, 6.45) is 1.98. The van der Waals surface area contributed by atoms with E-state index in [-0.39, 0.29) is 6.10 Å². The molecule has 1 saturated heterocycles. The summed E-state index contributed by atoms with van der Waals surface area (Å²) in [6, 6.07) is 0. The Labute approximate surface area is 72.9 Å². The summed E-state index contributed by atoms with van der Waals surface area (Å²) < 4.78 is 11.0. The van der Waals surface area contributed by atoms with Crippen LogP contribution in [0.25, 0.3) is 0 Å². The van der Waals surface area contributed by atoms with Gasteiger partial charge < -0.3 is 14.3 Å². The van der Waals surface area contributed by atoms with Gasteiger partial charge in [0.25, 0.3) is 0 Å². The minimum atomic E-state index is -0.447. The third-order valence-electron chi connectivity index (χ3n) is 1.90. The molecular weight excluding hydrogens is 158 g/mol. The van der Waals surface area contributed by atoms with Crippen molar-refractivity contribution in [3.63, 3.8) is 0 Å². The smallest absolute Gasteiger partial charge is 0.163 e. The van der Waals surface area contributed by atoms with Gasteiger partial charge in [0.1, 0.15) is 0 Å². The summed E-state index contributed by atoms with van der Waals surface area (Å²) in [5.41, 5.74) is 0. The van der Waals surface area contributed by atoms with E-state index in [4.69, 9.17) is 15.4 Å². The Kier molecular flexibility index (Phi) is 3.46. The predicted molar refractivity (Wildman–Crippen MR) is 44.3 cm³/mol. The van der Waals surface area contributed by atoms with Crippen LogP contribution in [0.4, 0.5) is 0 Å². The van der Waals surface area contributed by atoms with E-state index in [2.05, 4.69) is 4.84 Å². The standard InChI is InChI=1S/C8H17NO3/c1-8(2)10-5-3-7(12-8)4-6-11-9/h7H,3-6,9H2,1-2H3/t7-/m0/s1. The quantitative estimate of drug-likeness (QED) is 0.645. The fourth-order valence-corrected chi connectivity index (χ4v) is 1.33. The van der Waals surface area contributed by atoms with Gasteiger partial charge in [-0.3, -0.25) is 0 Å². The second-order valence-electron chi connectivity index (χ2n) is 3.44. The first-order chi connectivity index (χ1) is 5.64. The highest BCUT2D eigenvalue weighted by molar-refractivity contribution is 4.68. The summed E-state index contributed by atoms with van der Waals surface area (Å²) in [4.78, 5) is 4.49. The summed E-state index contributed by atoms with van der Waals surface area (Å²) in [5, 5.41) is 0. The maximum absolute atomic E-state index is 5.62. The van der Waals surface area contributed by atoms with Crippen molar-refractivity contribution in [3.05, 3.63) is 0 Å². The Morgan fingerprint density at radius 3 is 2.92 bits per heavy atom. The molecule has 0 unspecified atom stereocenters. The molecule has 1 aliphatic rings. The highest BCUT2D eigenvalue weighted by atomic mass is 16.7. The second-order valence-corrected chi connectivity index (χ2v) is 3.44. The third-order valence-corrected chi connectivity index (χ3v) is 1.90. The lowest BCUT2D eigenvalue weighted by Crippen LogP contribution is -2.40. The van der Waals surface area contributed by atoms with E-state index < -0.39 is 5.79 Å². The lowest BCUT2D eigenvalue weighted by molar-refractivity contribution is -0.275. The fraction of sp³-hybridized carbons (Fsp3) is 1.00. The normalized spacial score (nSPS) is 28.8. The van der Waals surface area contributed by atoms with Crippen LogP contribution in [0, 0.1) is 0 Å². The van der Waals surface area contributed by atoms with E-state index in [9.17, 15) is 0 Å². The maximum atomic E-state index is 5.62. The molecule has 0 aliphatic carbocycles. The molecule has 2 N–H and O–H groups in total. The van der Waals surface area contributed by atoms with Crippen molar-refractivity contribution in [2.45, 2.75) is 38.6 Å². The van der Waals surface area contributed by atoms with Gasteiger partial charge in [-0.25, -0.2) is 5.90 Å². The molecule has 1 atom stereocenters. The van der Waals surface area contributed by atoms with Gasteiger partial charge in [0.15, 0.2) is 5.79 Å². The molecule has 1 heterocycles. The molecule has 0 spiro atoms. The van der Waals surface area contributed by atoms with E-state index >= 15 is 0 Å². The Balaban J connectivity index is 2.26. The molecule has 0 radical (unpaired) electrons. The van der Waals surface area contributed by atoms with Crippen LogP contribution >= 0.6 is 0 Å². The van der Waals surface area contributed by atoms with Crippen LogP contribution in [0.1, 0.15) is 26.7 Å². The van der Waals surface area contributed by atoms with E-state index in [0.717, 1.165) is 19.4 Å². The predicted octanol–water partition coefficient (Wildman–Crippen LogP) is 0.808. The number of rotatable bonds is 3. The van der Waals surface area contributed by atoms with E-state index in [1.807, 2.05) is 13.8 Å². The average Bonchev–Trinajstić information content (AvgIpc) is 1.99. The summed E-state index contributed by atoms with van der Waals surface area (Å²) in [7, 11) is 0. The monoisotopic (exact) mass is 175 g/mol. The van der Waals surface area contributed by atoms with Crippen molar-refractivity contribution in [3.8, 4) is 0 Å². The summed E-state index contributed by atoms with van der Waals surface area (Å²) in [6.45, 7) is 5.13. The van der Waals surface area contributed by atoms with E-state index in [0.29, 0.717) is 6.61 Å². The maximum Gasteiger partial charge on any atom is 0.163 e. The highest BCUT2D eigenvalue weighted by Crippen LogP contribution is 2.23. The third kappa shape index (κ3) is 3.06. The molecule has 0 aromatic carbocycles. The van der Waals surface area contributed by atoms with Crippen molar-refractivity contribution in [1.82, 2.24) is 0 Å². The fourth-order valence-electron chi connectivity index (χ4n) is 1.33. The van der Waals surface area contributed by atoms with Crippen molar-refractivity contribution < 1.29 is 14.3 Å². The van der Waals surface area contributed by atoms with Crippen LogP contribution in [0.15, 0.2) is 0 Å². The first kappa shape index (κ1) is 9.92. The van der Waals surface area contributed by atoms with Crippen molar-refractivity contribution in [1.29, 1.82) is 0 Å². The summed E-state index contributed by atoms with van der Waals surface area (Å²) in [5.74, 6) is 4.48. The molecule has 1 rings (SSSR count). The molecule has 0 aromatic heterocycles. The Morgan fingerprint density at radius 2 is 2.33 bits per heavy atom. The first-order valence-electron chi connectivity index (χ1n) is 4.27. The van der Waals surface area contributed by atoms with Gasteiger partial charge in [0, 0.05) is 0 Å². The minimum absolute atomic E-state index is 0.220. The number of hydrogen-bond acceptors (Lipinski definition) is 4. The molecule has 4 heteroatoms. The van der Waals surface area contributed by atoms with Gasteiger partial charge in [0.2, 0.25) is 0 Å². The van der Waals surface area contributed by atoms with E-state index in [1.54, 1.807) is 0 Å². The van der Waals surface area contributed by atoms with Gasteiger partial charge in [-0.2, -0.15) is 0 Å². The van der Waals surface area contributed by atoms with Gasteiger partial charge in [-0.05, 0) is 26.7 Å². The second kappa shape index (κ2) is 4.18.